The summed E-state index contributed by atoms with van der Waals surface area (Å²) in [6.07, 6.45) is 0. The number of nitrogens with two attached hydrogens (primary N) is 1. The zero-order valence-electron chi connectivity index (χ0n) is 12.5. The second-order valence-electron chi connectivity index (χ2n) is 5.57. The lowest BCUT2D eigenvalue weighted by Gasteiger charge is -2.23. The summed E-state index contributed by atoms with van der Waals surface area (Å²) in [6, 6.07) is 18.2. The third-order valence-corrected chi connectivity index (χ3v) is 3.59. The number of primary amides is 1. The number of hydrogen-bond acceptors (Lipinski definition) is 2. The molecule has 0 aliphatic heterocycles. The molecule has 0 radical (unpaired) electrons. The van der Waals surface area contributed by atoms with E-state index in [-0.39, 0.29) is 5.91 Å². The van der Waals surface area contributed by atoms with Gasteiger partial charge in [0, 0.05) is 18.2 Å². The van der Waals surface area contributed by atoms with Gasteiger partial charge in [-0.05, 0) is 29.2 Å². The largest absolute Gasteiger partial charge is 0.366 e. The normalized spacial score (nSPS) is 12.3. The predicted molar refractivity (Wildman–Crippen MR) is 85.8 cm³/mol. The van der Waals surface area contributed by atoms with Crippen molar-refractivity contribution in [2.45, 2.75) is 26.4 Å². The molecule has 0 aromatic heterocycles. The highest BCUT2D eigenvalue weighted by atomic mass is 16.1. The molecule has 2 aromatic rings. The second-order valence-corrected chi connectivity index (χ2v) is 5.57. The molecule has 0 aliphatic rings. The third kappa shape index (κ3) is 4.17. The van der Waals surface area contributed by atoms with Crippen LogP contribution in [0.3, 0.4) is 0 Å². The summed E-state index contributed by atoms with van der Waals surface area (Å²) in [7, 11) is 0. The van der Waals surface area contributed by atoms with Crippen molar-refractivity contribution in [2.24, 2.45) is 11.7 Å². The first kappa shape index (κ1) is 15.3. The van der Waals surface area contributed by atoms with E-state index in [1.165, 1.54) is 5.56 Å². The standard InChI is InChI=1S/C18H22N2O/c1-13(2)17(15-6-4-3-5-7-15)20-12-14-8-10-16(11-9-14)18(19)21/h3-11,13,17,20H,12H2,1-2H3,(H2,19,21)/t17-/m0/s1. The highest BCUT2D eigenvalue weighted by Crippen LogP contribution is 2.21. The average molecular weight is 282 g/mol. The average Bonchev–Trinajstić information content (AvgIpc) is 2.48. The van der Waals surface area contributed by atoms with Crippen LogP contribution in [0.2, 0.25) is 0 Å². The fourth-order valence-electron chi connectivity index (χ4n) is 2.41. The van der Waals surface area contributed by atoms with Crippen LogP contribution in [0, 0.1) is 5.92 Å². The minimum atomic E-state index is -0.390. The van der Waals surface area contributed by atoms with E-state index in [4.69, 9.17) is 5.73 Å². The molecule has 1 atom stereocenters. The van der Waals surface area contributed by atoms with Crippen LogP contribution < -0.4 is 11.1 Å². The van der Waals surface area contributed by atoms with Crippen LogP contribution in [0.5, 0.6) is 0 Å². The Morgan fingerprint density at radius 3 is 2.19 bits per heavy atom. The van der Waals surface area contributed by atoms with E-state index in [0.717, 1.165) is 12.1 Å². The van der Waals surface area contributed by atoms with Gasteiger partial charge in [0.25, 0.3) is 0 Å². The zero-order chi connectivity index (χ0) is 15.2. The Morgan fingerprint density at radius 1 is 1.05 bits per heavy atom. The number of benzene rings is 2. The van der Waals surface area contributed by atoms with Crippen LogP contribution in [-0.2, 0) is 6.54 Å². The van der Waals surface area contributed by atoms with Gasteiger partial charge in [-0.15, -0.1) is 0 Å². The van der Waals surface area contributed by atoms with Crippen molar-refractivity contribution >= 4 is 5.91 Å². The molecule has 0 saturated heterocycles. The summed E-state index contributed by atoms with van der Waals surface area (Å²) in [5.74, 6) is 0.108. The van der Waals surface area contributed by atoms with Crippen LogP contribution >= 0.6 is 0 Å². The first-order valence-corrected chi connectivity index (χ1v) is 7.25. The molecule has 0 fully saturated rings. The maximum atomic E-state index is 11.1. The Labute approximate surface area is 126 Å². The molecule has 110 valence electrons. The summed E-state index contributed by atoms with van der Waals surface area (Å²) in [6.45, 7) is 5.18. The number of hydrogen-bond donors (Lipinski definition) is 2. The minimum Gasteiger partial charge on any atom is -0.366 e. The number of carbonyl (C=O) groups excluding carboxylic acids is 1. The quantitative estimate of drug-likeness (QED) is 0.854. The van der Waals surface area contributed by atoms with Crippen molar-refractivity contribution in [3.8, 4) is 0 Å². The van der Waals surface area contributed by atoms with Gasteiger partial charge in [0.05, 0.1) is 0 Å². The molecule has 21 heavy (non-hydrogen) atoms. The van der Waals surface area contributed by atoms with Crippen LogP contribution in [-0.4, -0.2) is 5.91 Å². The van der Waals surface area contributed by atoms with Crippen molar-refractivity contribution in [3.05, 3.63) is 71.3 Å². The Kier molecular flexibility index (Phi) is 5.12. The van der Waals surface area contributed by atoms with Crippen molar-refractivity contribution in [1.82, 2.24) is 5.32 Å². The first-order valence-electron chi connectivity index (χ1n) is 7.25. The fourth-order valence-corrected chi connectivity index (χ4v) is 2.41. The SMILES string of the molecule is CC(C)[C@H](NCc1ccc(C(N)=O)cc1)c1ccccc1. The molecule has 2 aromatic carbocycles. The Hall–Kier alpha value is -2.13. The zero-order valence-corrected chi connectivity index (χ0v) is 12.5. The maximum Gasteiger partial charge on any atom is 0.248 e. The van der Waals surface area contributed by atoms with Gasteiger partial charge in [-0.2, -0.15) is 0 Å². The van der Waals surface area contributed by atoms with Gasteiger partial charge < -0.3 is 11.1 Å². The minimum absolute atomic E-state index is 0.307. The molecule has 1 amide bonds. The summed E-state index contributed by atoms with van der Waals surface area (Å²) in [5.41, 5.74) is 8.22. The lowest BCUT2D eigenvalue weighted by molar-refractivity contribution is 0.100. The third-order valence-electron chi connectivity index (χ3n) is 3.59. The van der Waals surface area contributed by atoms with Crippen LogP contribution in [0.4, 0.5) is 0 Å². The van der Waals surface area contributed by atoms with E-state index in [2.05, 4.69) is 43.4 Å². The summed E-state index contributed by atoms with van der Waals surface area (Å²) in [4.78, 5) is 11.1. The van der Waals surface area contributed by atoms with Gasteiger partial charge in [-0.3, -0.25) is 4.79 Å². The van der Waals surface area contributed by atoms with E-state index >= 15 is 0 Å². The smallest absolute Gasteiger partial charge is 0.248 e. The number of amides is 1. The molecule has 3 heteroatoms. The second kappa shape index (κ2) is 7.04. The van der Waals surface area contributed by atoms with Gasteiger partial charge in [0.2, 0.25) is 5.91 Å². The molecule has 0 unspecified atom stereocenters. The molecule has 0 saturated carbocycles. The van der Waals surface area contributed by atoms with Crippen molar-refractivity contribution in [3.63, 3.8) is 0 Å². The van der Waals surface area contributed by atoms with E-state index in [9.17, 15) is 4.79 Å². The van der Waals surface area contributed by atoms with Gasteiger partial charge >= 0.3 is 0 Å². The van der Waals surface area contributed by atoms with Gasteiger partial charge in [-0.1, -0.05) is 56.3 Å². The molecular weight excluding hydrogens is 260 g/mol. The van der Waals surface area contributed by atoms with E-state index in [1.807, 2.05) is 18.2 Å². The topological polar surface area (TPSA) is 55.1 Å². The van der Waals surface area contributed by atoms with Crippen molar-refractivity contribution < 1.29 is 4.79 Å². The first-order chi connectivity index (χ1) is 10.1. The van der Waals surface area contributed by atoms with E-state index < -0.39 is 0 Å². The molecule has 2 rings (SSSR count). The van der Waals surface area contributed by atoms with Crippen LogP contribution in [0.1, 0.15) is 41.4 Å². The molecular formula is C18H22N2O. The fraction of sp³-hybridized carbons (Fsp3) is 0.278. The molecule has 3 nitrogen and oxygen atoms in total. The Morgan fingerprint density at radius 2 is 1.67 bits per heavy atom. The molecule has 0 spiro atoms. The summed E-state index contributed by atoms with van der Waals surface area (Å²) < 4.78 is 0. The number of rotatable bonds is 6. The van der Waals surface area contributed by atoms with Crippen molar-refractivity contribution in [1.29, 1.82) is 0 Å². The van der Waals surface area contributed by atoms with Crippen LogP contribution in [0.25, 0.3) is 0 Å². The summed E-state index contributed by atoms with van der Waals surface area (Å²) in [5, 5.41) is 3.58. The van der Waals surface area contributed by atoms with Crippen LogP contribution in [0.15, 0.2) is 54.6 Å². The predicted octanol–water partition coefficient (Wildman–Crippen LogP) is 3.27. The Bertz CT molecular complexity index is 576. The highest BCUT2D eigenvalue weighted by molar-refractivity contribution is 5.92. The molecule has 0 heterocycles. The van der Waals surface area contributed by atoms with Gasteiger partial charge in [0.15, 0.2) is 0 Å². The monoisotopic (exact) mass is 282 g/mol. The van der Waals surface area contributed by atoms with E-state index in [0.29, 0.717) is 17.5 Å². The van der Waals surface area contributed by atoms with Gasteiger partial charge in [-0.25, -0.2) is 0 Å². The number of carbonyl (C=O) groups is 1. The lowest BCUT2D eigenvalue weighted by Crippen LogP contribution is -2.25. The number of nitrogens with one attached hydrogen (secondary N) is 1. The molecule has 0 aliphatic carbocycles. The maximum absolute atomic E-state index is 11.1. The lowest BCUT2D eigenvalue weighted by atomic mass is 9.96. The van der Waals surface area contributed by atoms with E-state index in [1.54, 1.807) is 12.1 Å². The Balaban J connectivity index is 2.04. The van der Waals surface area contributed by atoms with Crippen molar-refractivity contribution in [2.75, 3.05) is 0 Å². The summed E-state index contributed by atoms with van der Waals surface area (Å²) >= 11 is 0. The van der Waals surface area contributed by atoms with Gasteiger partial charge in [0.1, 0.15) is 0 Å². The highest BCUT2D eigenvalue weighted by Gasteiger charge is 2.14. The molecule has 0 bridgehead atoms. The molecule has 3 N–H and O–H groups in total.